The largest absolute Gasteiger partial charge is 0.394 e. The topological polar surface area (TPSA) is 82.2 Å². The molecule has 0 spiro atoms. The number of ether oxygens (including phenoxy) is 1. The van der Waals surface area contributed by atoms with Crippen molar-refractivity contribution in [3.8, 4) is 0 Å². The number of rotatable bonds is 4. The number of hydrogen-bond donors (Lipinski definition) is 2. The minimum absolute atomic E-state index is 0.0422. The Morgan fingerprint density at radius 1 is 1.67 bits per heavy atom. The number of nitrogens with one attached hydrogen (secondary N) is 1. The molecule has 1 aliphatic rings. The van der Waals surface area contributed by atoms with Crippen LogP contribution in [0.15, 0.2) is 6.20 Å². The van der Waals surface area contributed by atoms with Gasteiger partial charge in [0.25, 0.3) is 0 Å². The second-order valence-electron chi connectivity index (χ2n) is 4.65. The lowest BCUT2D eigenvalue weighted by atomic mass is 10.0. The Bertz CT molecular complexity index is 391. The van der Waals surface area contributed by atoms with Crippen molar-refractivity contribution in [2.45, 2.75) is 38.2 Å². The van der Waals surface area contributed by atoms with E-state index in [2.05, 4.69) is 10.4 Å². The molecule has 6 heteroatoms. The number of carbonyl (C=O) groups is 1. The zero-order valence-corrected chi connectivity index (χ0v) is 10.7. The van der Waals surface area contributed by atoms with Crippen molar-refractivity contribution in [1.82, 2.24) is 9.78 Å². The fourth-order valence-electron chi connectivity index (χ4n) is 2.13. The van der Waals surface area contributed by atoms with Crippen LogP contribution in [0.4, 0.5) is 11.5 Å². The number of anilines is 2. The summed E-state index contributed by atoms with van der Waals surface area (Å²) in [6.45, 7) is 0.820. The normalized spacial score (nSPS) is 19.7. The van der Waals surface area contributed by atoms with E-state index >= 15 is 0 Å². The monoisotopic (exact) mass is 252 g/mol. The Labute approximate surface area is 106 Å². The predicted molar refractivity (Wildman–Crippen MR) is 69.1 cm³/mol. The van der Waals surface area contributed by atoms with Crippen LogP contribution in [0.1, 0.15) is 32.1 Å². The highest BCUT2D eigenvalue weighted by atomic mass is 16.5. The van der Waals surface area contributed by atoms with E-state index < -0.39 is 0 Å². The van der Waals surface area contributed by atoms with Crippen molar-refractivity contribution < 1.29 is 9.53 Å². The van der Waals surface area contributed by atoms with Gasteiger partial charge in [0.05, 0.1) is 18.0 Å². The molecule has 1 amide bonds. The highest BCUT2D eigenvalue weighted by Crippen LogP contribution is 2.19. The summed E-state index contributed by atoms with van der Waals surface area (Å²) in [5, 5.41) is 6.75. The van der Waals surface area contributed by atoms with Crippen LogP contribution in [0.2, 0.25) is 0 Å². The van der Waals surface area contributed by atoms with Crippen molar-refractivity contribution in [2.75, 3.05) is 17.7 Å². The number of nitrogen functional groups attached to an aromatic ring is 1. The Hall–Kier alpha value is -1.56. The average Bonchev–Trinajstić information content (AvgIpc) is 2.69. The van der Waals surface area contributed by atoms with Gasteiger partial charge in [0.15, 0.2) is 5.82 Å². The van der Waals surface area contributed by atoms with Crippen LogP contribution < -0.4 is 11.1 Å². The Balaban J connectivity index is 1.78. The molecule has 0 aromatic carbocycles. The molecule has 0 bridgehead atoms. The van der Waals surface area contributed by atoms with Crippen molar-refractivity contribution in [3.63, 3.8) is 0 Å². The lowest BCUT2D eigenvalue weighted by Gasteiger charge is -2.22. The third-order valence-electron chi connectivity index (χ3n) is 3.19. The maximum Gasteiger partial charge on any atom is 0.225 e. The average molecular weight is 252 g/mol. The second-order valence-corrected chi connectivity index (χ2v) is 4.65. The van der Waals surface area contributed by atoms with Gasteiger partial charge in [0.1, 0.15) is 0 Å². The van der Waals surface area contributed by atoms with E-state index in [-0.39, 0.29) is 12.0 Å². The van der Waals surface area contributed by atoms with Crippen LogP contribution in [-0.2, 0) is 16.6 Å². The first-order valence-corrected chi connectivity index (χ1v) is 6.35. The van der Waals surface area contributed by atoms with E-state index in [1.165, 1.54) is 12.6 Å². The maximum atomic E-state index is 11.8. The summed E-state index contributed by atoms with van der Waals surface area (Å²) in [6.07, 6.45) is 6.36. The molecule has 1 aliphatic heterocycles. The summed E-state index contributed by atoms with van der Waals surface area (Å²) in [5.41, 5.74) is 6.19. The second kappa shape index (κ2) is 5.86. The summed E-state index contributed by atoms with van der Waals surface area (Å²) < 4.78 is 7.15. The van der Waals surface area contributed by atoms with Gasteiger partial charge in [-0.3, -0.25) is 9.48 Å². The molecule has 1 atom stereocenters. The molecule has 18 heavy (non-hydrogen) atoms. The predicted octanol–water partition coefficient (Wildman–Crippen LogP) is 1.29. The molecule has 0 radical (unpaired) electrons. The summed E-state index contributed by atoms with van der Waals surface area (Å²) in [5.74, 6) is 0.518. The lowest BCUT2D eigenvalue weighted by molar-refractivity contribution is -0.117. The van der Waals surface area contributed by atoms with Gasteiger partial charge in [0.2, 0.25) is 5.91 Å². The van der Waals surface area contributed by atoms with Crippen molar-refractivity contribution in [2.24, 2.45) is 7.05 Å². The minimum Gasteiger partial charge on any atom is -0.394 e. The first-order valence-electron chi connectivity index (χ1n) is 6.35. The molecular weight excluding hydrogens is 232 g/mol. The molecule has 2 heterocycles. The Morgan fingerprint density at radius 2 is 2.50 bits per heavy atom. The SMILES string of the molecule is Cn1ncc(N)c1NC(=O)CCC1CCCCO1. The number of aryl methyl sites for hydroxylation is 1. The smallest absolute Gasteiger partial charge is 0.225 e. The van der Waals surface area contributed by atoms with Crippen molar-refractivity contribution in [3.05, 3.63) is 6.20 Å². The fourth-order valence-corrected chi connectivity index (χ4v) is 2.13. The summed E-state index contributed by atoms with van der Waals surface area (Å²) in [7, 11) is 1.75. The van der Waals surface area contributed by atoms with E-state index in [0.717, 1.165) is 25.9 Å². The molecule has 0 aliphatic carbocycles. The number of aromatic nitrogens is 2. The summed E-state index contributed by atoms with van der Waals surface area (Å²) in [4.78, 5) is 11.8. The molecular formula is C12H20N4O2. The molecule has 1 unspecified atom stereocenters. The fraction of sp³-hybridized carbons (Fsp3) is 0.667. The van der Waals surface area contributed by atoms with Crippen molar-refractivity contribution in [1.29, 1.82) is 0 Å². The van der Waals surface area contributed by atoms with Gasteiger partial charge in [-0.25, -0.2) is 0 Å². The first kappa shape index (κ1) is 12.9. The van der Waals surface area contributed by atoms with Gasteiger partial charge in [-0.05, 0) is 25.7 Å². The van der Waals surface area contributed by atoms with Crippen LogP contribution in [-0.4, -0.2) is 28.4 Å². The van der Waals surface area contributed by atoms with Gasteiger partial charge in [-0.15, -0.1) is 0 Å². The van der Waals surface area contributed by atoms with Gasteiger partial charge >= 0.3 is 0 Å². The maximum absolute atomic E-state index is 11.8. The van der Waals surface area contributed by atoms with E-state index in [4.69, 9.17) is 10.5 Å². The molecule has 1 saturated heterocycles. The van der Waals surface area contributed by atoms with Crippen LogP contribution >= 0.6 is 0 Å². The van der Waals surface area contributed by atoms with E-state index in [1.54, 1.807) is 11.7 Å². The molecule has 100 valence electrons. The third-order valence-corrected chi connectivity index (χ3v) is 3.19. The zero-order chi connectivity index (χ0) is 13.0. The molecule has 2 rings (SSSR count). The van der Waals surface area contributed by atoms with Crippen molar-refractivity contribution >= 4 is 17.4 Å². The highest BCUT2D eigenvalue weighted by Gasteiger charge is 2.16. The van der Waals surface area contributed by atoms with Gasteiger partial charge < -0.3 is 15.8 Å². The van der Waals surface area contributed by atoms with Crippen LogP contribution in [0, 0.1) is 0 Å². The third kappa shape index (κ3) is 3.22. The first-order chi connectivity index (χ1) is 8.66. The Morgan fingerprint density at radius 3 is 3.11 bits per heavy atom. The van der Waals surface area contributed by atoms with Gasteiger partial charge in [0, 0.05) is 20.1 Å². The molecule has 3 N–H and O–H groups in total. The lowest BCUT2D eigenvalue weighted by Crippen LogP contribution is -2.22. The number of hydrogen-bond acceptors (Lipinski definition) is 4. The molecule has 1 aromatic heterocycles. The van der Waals surface area contributed by atoms with Crippen LogP contribution in [0.5, 0.6) is 0 Å². The summed E-state index contributed by atoms with van der Waals surface area (Å²) >= 11 is 0. The Kier molecular flexibility index (Phi) is 4.19. The minimum atomic E-state index is -0.0422. The molecule has 1 aromatic rings. The molecule has 6 nitrogen and oxygen atoms in total. The zero-order valence-electron chi connectivity index (χ0n) is 10.7. The van der Waals surface area contributed by atoms with Gasteiger partial charge in [-0.1, -0.05) is 0 Å². The van der Waals surface area contributed by atoms with Crippen LogP contribution in [0.3, 0.4) is 0 Å². The number of carbonyl (C=O) groups excluding carboxylic acids is 1. The van der Waals surface area contributed by atoms with E-state index in [0.29, 0.717) is 17.9 Å². The van der Waals surface area contributed by atoms with E-state index in [9.17, 15) is 4.79 Å². The van der Waals surface area contributed by atoms with E-state index in [1.807, 2.05) is 0 Å². The summed E-state index contributed by atoms with van der Waals surface area (Å²) in [6, 6.07) is 0. The number of nitrogens with zero attached hydrogens (tertiary/aromatic N) is 2. The number of nitrogens with two attached hydrogens (primary N) is 1. The van der Waals surface area contributed by atoms with Gasteiger partial charge in [-0.2, -0.15) is 5.10 Å². The molecule has 1 fully saturated rings. The quantitative estimate of drug-likeness (QED) is 0.846. The van der Waals surface area contributed by atoms with Crippen LogP contribution in [0.25, 0.3) is 0 Å². The standard InChI is InChI=1S/C12H20N4O2/c1-16-12(10(13)8-14-16)15-11(17)6-5-9-4-2-3-7-18-9/h8-9H,2-7,13H2,1H3,(H,15,17). The number of amides is 1. The highest BCUT2D eigenvalue weighted by molar-refractivity contribution is 5.92. The molecule has 0 saturated carbocycles.